The van der Waals surface area contributed by atoms with Crippen molar-refractivity contribution in [3.05, 3.63) is 16.1 Å². The first-order valence-corrected chi connectivity index (χ1v) is 8.03. The fourth-order valence-corrected chi connectivity index (χ4v) is 4.56. The summed E-state index contributed by atoms with van der Waals surface area (Å²) in [5.41, 5.74) is 1.44. The lowest BCUT2D eigenvalue weighted by Gasteiger charge is -2.23. The van der Waals surface area contributed by atoms with E-state index in [1.54, 1.807) is 0 Å². The first-order valence-electron chi connectivity index (χ1n) is 6.08. The average Bonchev–Trinajstić information content (AvgIpc) is 2.86. The van der Waals surface area contributed by atoms with Crippen LogP contribution >= 0.6 is 27.7 Å². The summed E-state index contributed by atoms with van der Waals surface area (Å²) >= 11 is 5.70. The topological polar surface area (TPSA) is 17.8 Å². The summed E-state index contributed by atoms with van der Waals surface area (Å²) in [5, 5.41) is 0. The Morgan fingerprint density at radius 3 is 3.06 bits per heavy atom. The molecule has 0 saturated carbocycles. The summed E-state index contributed by atoms with van der Waals surface area (Å²) in [5.74, 6) is 5.41. The van der Waals surface area contributed by atoms with Crippen LogP contribution in [0.4, 0.5) is 0 Å². The molecule has 1 aromatic heterocycles. The monoisotopic (exact) mass is 300 g/mol. The quantitative estimate of drug-likeness (QED) is 0.790. The fraction of sp³-hybridized carbons (Fsp3) is 0.750. The zero-order valence-electron chi connectivity index (χ0n) is 9.58. The second-order valence-corrected chi connectivity index (χ2v) is 6.92. The lowest BCUT2D eigenvalue weighted by atomic mass is 9.99. The SMILES string of the molecule is CC1CCc2c(Br)nc(C3CCSC3)n2C1. The first kappa shape index (κ1) is 11.1. The molecule has 0 aromatic carbocycles. The number of thioether (sulfide) groups is 1. The molecule has 0 radical (unpaired) electrons. The minimum Gasteiger partial charge on any atom is -0.330 e. The van der Waals surface area contributed by atoms with Crippen LogP contribution in [-0.2, 0) is 13.0 Å². The third-order valence-corrected chi connectivity index (χ3v) is 5.51. The highest BCUT2D eigenvalue weighted by Gasteiger charge is 2.28. The normalized spacial score (nSPS) is 29.4. The second-order valence-electron chi connectivity index (χ2n) is 5.02. The van der Waals surface area contributed by atoms with Gasteiger partial charge >= 0.3 is 0 Å². The Morgan fingerprint density at radius 1 is 1.44 bits per heavy atom. The Kier molecular flexibility index (Phi) is 3.05. The van der Waals surface area contributed by atoms with Crippen molar-refractivity contribution in [2.75, 3.05) is 11.5 Å². The molecule has 3 rings (SSSR count). The van der Waals surface area contributed by atoms with Gasteiger partial charge in [0.2, 0.25) is 0 Å². The van der Waals surface area contributed by atoms with Crippen LogP contribution in [0, 0.1) is 5.92 Å². The van der Waals surface area contributed by atoms with Gasteiger partial charge in [0.05, 0.1) is 5.69 Å². The number of fused-ring (bicyclic) bond motifs is 1. The molecule has 1 fully saturated rings. The van der Waals surface area contributed by atoms with Crippen molar-refractivity contribution < 1.29 is 0 Å². The summed E-state index contributed by atoms with van der Waals surface area (Å²) < 4.78 is 3.60. The molecule has 0 amide bonds. The Bertz CT molecular complexity index is 396. The summed E-state index contributed by atoms with van der Waals surface area (Å²) in [6.07, 6.45) is 3.81. The first-order chi connectivity index (χ1) is 7.75. The van der Waals surface area contributed by atoms with Crippen LogP contribution in [-0.4, -0.2) is 21.1 Å². The standard InChI is InChI=1S/C12H17BrN2S/c1-8-2-3-10-11(13)14-12(15(10)6-8)9-4-5-16-7-9/h8-9H,2-7H2,1H3. The Morgan fingerprint density at radius 2 is 2.31 bits per heavy atom. The third kappa shape index (κ3) is 1.84. The predicted octanol–water partition coefficient (Wildman–Crippen LogP) is 3.45. The summed E-state index contributed by atoms with van der Waals surface area (Å²) in [4.78, 5) is 4.78. The molecule has 88 valence electrons. The van der Waals surface area contributed by atoms with Crippen molar-refractivity contribution in [2.45, 2.75) is 38.6 Å². The number of imidazole rings is 1. The number of rotatable bonds is 1. The molecule has 0 spiro atoms. The molecule has 0 bridgehead atoms. The van der Waals surface area contributed by atoms with E-state index in [0.717, 1.165) is 10.5 Å². The van der Waals surface area contributed by atoms with Gasteiger partial charge in [0.1, 0.15) is 10.4 Å². The predicted molar refractivity (Wildman–Crippen MR) is 72.1 cm³/mol. The van der Waals surface area contributed by atoms with Crippen molar-refractivity contribution in [1.82, 2.24) is 9.55 Å². The van der Waals surface area contributed by atoms with Crippen LogP contribution in [0.25, 0.3) is 0 Å². The summed E-state index contributed by atoms with van der Waals surface area (Å²) in [6.45, 7) is 3.52. The van der Waals surface area contributed by atoms with E-state index < -0.39 is 0 Å². The molecule has 4 heteroatoms. The maximum absolute atomic E-state index is 4.78. The average molecular weight is 301 g/mol. The van der Waals surface area contributed by atoms with E-state index in [1.807, 2.05) is 0 Å². The van der Waals surface area contributed by atoms with Crippen LogP contribution in [0.2, 0.25) is 0 Å². The van der Waals surface area contributed by atoms with Crippen molar-refractivity contribution >= 4 is 27.7 Å². The molecule has 3 heterocycles. The van der Waals surface area contributed by atoms with Gasteiger partial charge in [-0.3, -0.25) is 0 Å². The largest absolute Gasteiger partial charge is 0.330 e. The van der Waals surface area contributed by atoms with Crippen molar-refractivity contribution in [3.63, 3.8) is 0 Å². The minimum absolute atomic E-state index is 0.695. The van der Waals surface area contributed by atoms with Gasteiger partial charge < -0.3 is 4.57 Å². The van der Waals surface area contributed by atoms with Crippen LogP contribution in [0.15, 0.2) is 4.60 Å². The van der Waals surface area contributed by atoms with Gasteiger partial charge in [0.25, 0.3) is 0 Å². The number of halogens is 1. The molecule has 1 saturated heterocycles. The van der Waals surface area contributed by atoms with E-state index in [0.29, 0.717) is 5.92 Å². The van der Waals surface area contributed by atoms with Crippen molar-refractivity contribution in [2.24, 2.45) is 5.92 Å². The molecule has 2 atom stereocenters. The molecule has 0 aliphatic carbocycles. The zero-order valence-corrected chi connectivity index (χ0v) is 12.0. The van der Waals surface area contributed by atoms with Gasteiger partial charge in [-0.2, -0.15) is 11.8 Å². The van der Waals surface area contributed by atoms with Crippen LogP contribution in [0.1, 0.15) is 37.2 Å². The molecule has 2 aliphatic heterocycles. The van der Waals surface area contributed by atoms with E-state index in [4.69, 9.17) is 4.98 Å². The highest BCUT2D eigenvalue weighted by Crippen LogP contribution is 2.36. The molecular weight excluding hydrogens is 284 g/mol. The summed E-state index contributed by atoms with van der Waals surface area (Å²) in [7, 11) is 0. The number of hydrogen-bond acceptors (Lipinski definition) is 2. The van der Waals surface area contributed by atoms with Crippen molar-refractivity contribution in [3.8, 4) is 0 Å². The van der Waals surface area contributed by atoms with E-state index in [-0.39, 0.29) is 0 Å². The van der Waals surface area contributed by atoms with Crippen LogP contribution in [0.3, 0.4) is 0 Å². The molecule has 1 aromatic rings. The number of hydrogen-bond donors (Lipinski definition) is 0. The Balaban J connectivity index is 1.98. The fourth-order valence-electron chi connectivity index (χ4n) is 2.75. The highest BCUT2D eigenvalue weighted by molar-refractivity contribution is 9.10. The molecular formula is C12H17BrN2S. The zero-order chi connectivity index (χ0) is 11.1. The summed E-state index contributed by atoms with van der Waals surface area (Å²) in [6, 6.07) is 0. The molecule has 2 unspecified atom stereocenters. The maximum atomic E-state index is 4.78. The Hall–Kier alpha value is 0.0400. The molecule has 16 heavy (non-hydrogen) atoms. The minimum atomic E-state index is 0.695. The lowest BCUT2D eigenvalue weighted by Crippen LogP contribution is -2.21. The van der Waals surface area contributed by atoms with Gasteiger partial charge in [-0.15, -0.1) is 0 Å². The second kappa shape index (κ2) is 4.37. The smallest absolute Gasteiger partial charge is 0.127 e. The molecule has 2 nitrogen and oxygen atoms in total. The number of aromatic nitrogens is 2. The third-order valence-electron chi connectivity index (χ3n) is 3.72. The number of nitrogens with zero attached hydrogens (tertiary/aromatic N) is 2. The lowest BCUT2D eigenvalue weighted by molar-refractivity contribution is 0.385. The van der Waals surface area contributed by atoms with Gasteiger partial charge in [-0.05, 0) is 46.9 Å². The van der Waals surface area contributed by atoms with E-state index >= 15 is 0 Å². The van der Waals surface area contributed by atoms with Crippen molar-refractivity contribution in [1.29, 1.82) is 0 Å². The highest BCUT2D eigenvalue weighted by atomic mass is 79.9. The van der Waals surface area contributed by atoms with E-state index in [1.165, 1.54) is 48.8 Å². The Labute approximate surface area is 109 Å². The van der Waals surface area contributed by atoms with Gasteiger partial charge in [0, 0.05) is 18.2 Å². The van der Waals surface area contributed by atoms with Gasteiger partial charge in [0.15, 0.2) is 0 Å². The molecule has 0 N–H and O–H groups in total. The van der Waals surface area contributed by atoms with Gasteiger partial charge in [-0.1, -0.05) is 6.92 Å². The van der Waals surface area contributed by atoms with Gasteiger partial charge in [-0.25, -0.2) is 4.98 Å². The van der Waals surface area contributed by atoms with E-state index in [9.17, 15) is 0 Å². The van der Waals surface area contributed by atoms with E-state index in [2.05, 4.69) is 39.2 Å². The molecule has 2 aliphatic rings. The maximum Gasteiger partial charge on any atom is 0.127 e. The van der Waals surface area contributed by atoms with Crippen LogP contribution < -0.4 is 0 Å². The van der Waals surface area contributed by atoms with Crippen LogP contribution in [0.5, 0.6) is 0 Å².